The van der Waals surface area contributed by atoms with Crippen LogP contribution < -0.4 is 11.1 Å². The van der Waals surface area contributed by atoms with Crippen LogP contribution in [0.3, 0.4) is 0 Å². The fourth-order valence-electron chi connectivity index (χ4n) is 2.16. The molecule has 1 aliphatic rings. The SMILES string of the molecule is N#Cc1cc(F)c(N[C@@H]2CCCC[C@@H]2N)nc1Cl. The van der Waals surface area contributed by atoms with Crippen LogP contribution >= 0.6 is 11.6 Å². The molecule has 0 aliphatic heterocycles. The third-order valence-corrected chi connectivity index (χ3v) is 3.48. The number of anilines is 1. The zero-order chi connectivity index (χ0) is 13.1. The highest BCUT2D eigenvalue weighted by Gasteiger charge is 2.23. The molecule has 96 valence electrons. The Morgan fingerprint density at radius 2 is 2.22 bits per heavy atom. The maximum atomic E-state index is 13.7. The Labute approximate surface area is 110 Å². The van der Waals surface area contributed by atoms with Crippen molar-refractivity contribution in [2.75, 3.05) is 5.32 Å². The number of nitrogens with zero attached hydrogens (tertiary/aromatic N) is 2. The molecule has 6 heteroatoms. The van der Waals surface area contributed by atoms with Crippen molar-refractivity contribution >= 4 is 17.4 Å². The van der Waals surface area contributed by atoms with Crippen LogP contribution in [-0.2, 0) is 0 Å². The molecule has 0 unspecified atom stereocenters. The fourth-order valence-corrected chi connectivity index (χ4v) is 2.34. The zero-order valence-electron chi connectivity index (χ0n) is 9.79. The van der Waals surface area contributed by atoms with Gasteiger partial charge in [-0.1, -0.05) is 24.4 Å². The third kappa shape index (κ3) is 2.71. The van der Waals surface area contributed by atoms with Gasteiger partial charge in [0.25, 0.3) is 0 Å². The summed E-state index contributed by atoms with van der Waals surface area (Å²) in [6.07, 6.45) is 3.98. The lowest BCUT2D eigenvalue weighted by Crippen LogP contribution is -2.42. The summed E-state index contributed by atoms with van der Waals surface area (Å²) in [5.74, 6) is -0.505. The highest BCUT2D eigenvalue weighted by Crippen LogP contribution is 2.24. The minimum atomic E-state index is -0.575. The van der Waals surface area contributed by atoms with Gasteiger partial charge in [0, 0.05) is 12.1 Å². The van der Waals surface area contributed by atoms with E-state index in [2.05, 4.69) is 10.3 Å². The Kier molecular flexibility index (Phi) is 4.00. The normalized spacial score (nSPS) is 23.4. The standard InChI is InChI=1S/C12H14ClFN4/c13-11-7(6-15)5-8(14)12(18-11)17-10-4-2-1-3-9(10)16/h5,9-10H,1-4,16H2,(H,17,18)/t9-,10+/m0/s1. The minimum absolute atomic E-state index is 0.00440. The van der Waals surface area contributed by atoms with Crippen molar-refractivity contribution in [2.45, 2.75) is 37.8 Å². The Balaban J connectivity index is 2.19. The molecule has 1 saturated carbocycles. The lowest BCUT2D eigenvalue weighted by atomic mass is 9.91. The van der Waals surface area contributed by atoms with Gasteiger partial charge in [0.2, 0.25) is 0 Å². The Hall–Kier alpha value is -1.38. The van der Waals surface area contributed by atoms with Crippen LogP contribution in [0, 0.1) is 17.1 Å². The molecule has 0 spiro atoms. The van der Waals surface area contributed by atoms with Gasteiger partial charge in [-0.05, 0) is 18.9 Å². The summed E-state index contributed by atoms with van der Waals surface area (Å²) in [6.45, 7) is 0. The van der Waals surface area contributed by atoms with Gasteiger partial charge >= 0.3 is 0 Å². The molecule has 1 heterocycles. The second-order valence-electron chi connectivity index (χ2n) is 4.47. The molecule has 2 rings (SSSR count). The van der Waals surface area contributed by atoms with Gasteiger partial charge in [-0.15, -0.1) is 0 Å². The molecule has 1 aromatic heterocycles. The van der Waals surface area contributed by atoms with Gasteiger partial charge in [-0.3, -0.25) is 0 Å². The second kappa shape index (κ2) is 5.51. The molecular formula is C12H14ClFN4. The Bertz CT molecular complexity index is 486. The van der Waals surface area contributed by atoms with E-state index in [4.69, 9.17) is 22.6 Å². The third-order valence-electron chi connectivity index (χ3n) is 3.19. The average molecular weight is 269 g/mol. The van der Waals surface area contributed by atoms with Crippen molar-refractivity contribution in [2.24, 2.45) is 5.73 Å². The van der Waals surface area contributed by atoms with E-state index in [-0.39, 0.29) is 28.6 Å². The van der Waals surface area contributed by atoms with Crippen molar-refractivity contribution in [1.82, 2.24) is 4.98 Å². The first-order valence-electron chi connectivity index (χ1n) is 5.90. The molecule has 0 saturated heterocycles. The summed E-state index contributed by atoms with van der Waals surface area (Å²) in [4.78, 5) is 3.87. The van der Waals surface area contributed by atoms with Crippen LogP contribution in [0.2, 0.25) is 5.15 Å². The summed E-state index contributed by atoms with van der Waals surface area (Å²) in [5.41, 5.74) is 6.01. The number of rotatable bonds is 2. The molecule has 1 fully saturated rings. The van der Waals surface area contributed by atoms with Gasteiger partial charge in [-0.2, -0.15) is 5.26 Å². The molecule has 0 aromatic carbocycles. The van der Waals surface area contributed by atoms with Crippen LogP contribution in [-0.4, -0.2) is 17.1 Å². The first kappa shape index (κ1) is 13.1. The molecule has 2 atom stereocenters. The number of hydrogen-bond donors (Lipinski definition) is 2. The summed E-state index contributed by atoms with van der Waals surface area (Å²) in [7, 11) is 0. The van der Waals surface area contributed by atoms with Crippen molar-refractivity contribution in [3.63, 3.8) is 0 Å². The molecule has 18 heavy (non-hydrogen) atoms. The van der Waals surface area contributed by atoms with E-state index in [1.54, 1.807) is 6.07 Å². The van der Waals surface area contributed by atoms with Gasteiger partial charge in [0.1, 0.15) is 11.2 Å². The molecule has 1 aromatic rings. The van der Waals surface area contributed by atoms with E-state index >= 15 is 0 Å². The molecule has 3 N–H and O–H groups in total. The van der Waals surface area contributed by atoms with Crippen molar-refractivity contribution in [3.05, 3.63) is 22.6 Å². The monoisotopic (exact) mass is 268 g/mol. The van der Waals surface area contributed by atoms with Gasteiger partial charge in [-0.25, -0.2) is 9.37 Å². The van der Waals surface area contributed by atoms with E-state index in [9.17, 15) is 4.39 Å². The summed E-state index contributed by atoms with van der Waals surface area (Å²) in [5, 5.41) is 11.7. The number of halogens is 2. The molecule has 0 amide bonds. The number of pyridine rings is 1. The predicted octanol–water partition coefficient (Wildman–Crippen LogP) is 2.43. The lowest BCUT2D eigenvalue weighted by Gasteiger charge is -2.29. The zero-order valence-corrected chi connectivity index (χ0v) is 10.5. The van der Waals surface area contributed by atoms with Crippen LogP contribution in [0.4, 0.5) is 10.2 Å². The molecule has 0 bridgehead atoms. The topological polar surface area (TPSA) is 74.7 Å². The van der Waals surface area contributed by atoms with Crippen LogP contribution in [0.1, 0.15) is 31.2 Å². The number of nitrogens with two attached hydrogens (primary N) is 1. The maximum absolute atomic E-state index is 13.7. The first-order chi connectivity index (χ1) is 8.61. The summed E-state index contributed by atoms with van der Waals surface area (Å²) >= 11 is 5.78. The van der Waals surface area contributed by atoms with Crippen LogP contribution in [0.5, 0.6) is 0 Å². The predicted molar refractivity (Wildman–Crippen MR) is 67.8 cm³/mol. The highest BCUT2D eigenvalue weighted by atomic mass is 35.5. The highest BCUT2D eigenvalue weighted by molar-refractivity contribution is 6.30. The Morgan fingerprint density at radius 3 is 2.89 bits per heavy atom. The number of aromatic nitrogens is 1. The van der Waals surface area contributed by atoms with E-state index in [1.165, 1.54) is 0 Å². The van der Waals surface area contributed by atoms with E-state index < -0.39 is 5.82 Å². The van der Waals surface area contributed by atoms with Gasteiger partial charge < -0.3 is 11.1 Å². The number of hydrogen-bond acceptors (Lipinski definition) is 4. The maximum Gasteiger partial charge on any atom is 0.166 e. The lowest BCUT2D eigenvalue weighted by molar-refractivity contribution is 0.402. The summed E-state index contributed by atoms with van der Waals surface area (Å²) in [6, 6.07) is 2.88. The minimum Gasteiger partial charge on any atom is -0.363 e. The van der Waals surface area contributed by atoms with Gasteiger partial charge in [0.15, 0.2) is 11.6 Å². The summed E-state index contributed by atoms with van der Waals surface area (Å²) < 4.78 is 13.7. The second-order valence-corrected chi connectivity index (χ2v) is 4.83. The van der Waals surface area contributed by atoms with Gasteiger partial charge in [0.05, 0.1) is 5.56 Å². The fraction of sp³-hybridized carbons (Fsp3) is 0.500. The number of nitrogens with one attached hydrogen (secondary N) is 1. The first-order valence-corrected chi connectivity index (χ1v) is 6.28. The quantitative estimate of drug-likeness (QED) is 0.808. The van der Waals surface area contributed by atoms with Crippen LogP contribution in [0.25, 0.3) is 0 Å². The van der Waals surface area contributed by atoms with E-state index in [0.717, 1.165) is 31.7 Å². The molecule has 0 radical (unpaired) electrons. The smallest absolute Gasteiger partial charge is 0.166 e. The molecule has 4 nitrogen and oxygen atoms in total. The largest absolute Gasteiger partial charge is 0.363 e. The van der Waals surface area contributed by atoms with Crippen molar-refractivity contribution in [3.8, 4) is 6.07 Å². The van der Waals surface area contributed by atoms with Crippen molar-refractivity contribution < 1.29 is 4.39 Å². The molecule has 1 aliphatic carbocycles. The van der Waals surface area contributed by atoms with E-state index in [1.807, 2.05) is 0 Å². The molecular weight excluding hydrogens is 255 g/mol. The van der Waals surface area contributed by atoms with Crippen LogP contribution in [0.15, 0.2) is 6.07 Å². The average Bonchev–Trinajstić information content (AvgIpc) is 2.36. The van der Waals surface area contributed by atoms with Crippen molar-refractivity contribution in [1.29, 1.82) is 5.26 Å². The van der Waals surface area contributed by atoms with E-state index in [0.29, 0.717) is 0 Å². The number of nitriles is 1. The Morgan fingerprint density at radius 1 is 1.50 bits per heavy atom.